The van der Waals surface area contributed by atoms with E-state index in [9.17, 15) is 18.8 Å². The molecular weight excluding hydrogens is 371 g/mol. The molecule has 1 aliphatic carbocycles. The molecule has 0 bridgehead atoms. The fourth-order valence-electron chi connectivity index (χ4n) is 3.18. The lowest BCUT2D eigenvalue weighted by Crippen LogP contribution is -2.46. The van der Waals surface area contributed by atoms with E-state index in [1.807, 2.05) is 0 Å². The van der Waals surface area contributed by atoms with Crippen LogP contribution in [0.5, 0.6) is 0 Å². The van der Waals surface area contributed by atoms with Crippen LogP contribution in [0, 0.1) is 11.7 Å². The summed E-state index contributed by atoms with van der Waals surface area (Å²) < 4.78 is 13.0. The summed E-state index contributed by atoms with van der Waals surface area (Å²) in [6.45, 7) is 1.34. The lowest BCUT2D eigenvalue weighted by Gasteiger charge is -2.20. The van der Waals surface area contributed by atoms with E-state index in [0.29, 0.717) is 10.8 Å². The first-order valence-corrected chi connectivity index (χ1v) is 9.40. The largest absolute Gasteiger partial charge is 0.325 e. The topological polar surface area (TPSA) is 91.4 Å². The number of carbonyl (C=O) groups is 3. The van der Waals surface area contributed by atoms with Gasteiger partial charge in [-0.15, -0.1) is 11.3 Å². The predicted octanol–water partition coefficient (Wildman–Crippen LogP) is 2.61. The Morgan fingerprint density at radius 2 is 2.07 bits per heavy atom. The minimum absolute atomic E-state index is 0.138. The second kappa shape index (κ2) is 6.41. The molecule has 1 aliphatic heterocycles. The van der Waals surface area contributed by atoms with Crippen LogP contribution in [0.2, 0.25) is 0 Å². The number of urea groups is 1. The van der Waals surface area contributed by atoms with Crippen LogP contribution in [0.15, 0.2) is 29.6 Å². The predicted molar refractivity (Wildman–Crippen MR) is 97.5 cm³/mol. The number of hydrogen-bond donors (Lipinski definition) is 2. The lowest BCUT2D eigenvalue weighted by molar-refractivity contribution is -0.134. The van der Waals surface area contributed by atoms with Gasteiger partial charge in [-0.2, -0.15) is 0 Å². The van der Waals surface area contributed by atoms with Crippen molar-refractivity contribution in [3.63, 3.8) is 0 Å². The number of amides is 4. The Kier molecular flexibility index (Phi) is 4.18. The number of carbonyl (C=O) groups excluding carboxylic acids is 3. The molecule has 2 aromatic rings. The minimum atomic E-state index is -0.908. The van der Waals surface area contributed by atoms with Gasteiger partial charge in [0.05, 0.1) is 5.69 Å². The van der Waals surface area contributed by atoms with Crippen LogP contribution in [-0.2, 0) is 9.59 Å². The van der Waals surface area contributed by atoms with Crippen molar-refractivity contribution in [2.24, 2.45) is 5.92 Å². The number of halogens is 1. The Hall–Kier alpha value is -2.81. The van der Waals surface area contributed by atoms with Gasteiger partial charge >= 0.3 is 6.03 Å². The molecule has 1 atom stereocenters. The molecule has 1 unspecified atom stereocenters. The summed E-state index contributed by atoms with van der Waals surface area (Å²) in [5, 5.41) is 7.39. The first-order valence-electron chi connectivity index (χ1n) is 8.52. The molecule has 1 saturated carbocycles. The quantitative estimate of drug-likeness (QED) is 0.771. The summed E-state index contributed by atoms with van der Waals surface area (Å²) in [4.78, 5) is 42.2. The molecular formula is C18H17FN4O3S. The molecule has 1 saturated heterocycles. The molecule has 7 nitrogen and oxygen atoms in total. The molecule has 2 heterocycles. The molecule has 27 heavy (non-hydrogen) atoms. The van der Waals surface area contributed by atoms with Crippen molar-refractivity contribution in [1.29, 1.82) is 0 Å². The second-order valence-electron chi connectivity index (χ2n) is 6.89. The third kappa shape index (κ3) is 3.30. The number of thiazole rings is 1. The molecule has 0 radical (unpaired) electrons. The monoisotopic (exact) mass is 388 g/mol. The van der Waals surface area contributed by atoms with Gasteiger partial charge in [0.15, 0.2) is 5.13 Å². The number of benzene rings is 1. The van der Waals surface area contributed by atoms with Gasteiger partial charge in [0.25, 0.3) is 5.91 Å². The Balaban J connectivity index is 1.41. The fourth-order valence-corrected chi connectivity index (χ4v) is 3.92. The highest BCUT2D eigenvalue weighted by molar-refractivity contribution is 7.14. The summed E-state index contributed by atoms with van der Waals surface area (Å²) in [7, 11) is 0. The van der Waals surface area contributed by atoms with E-state index in [1.165, 1.54) is 23.5 Å². The normalized spacial score (nSPS) is 22.1. The molecule has 4 amide bonds. The highest BCUT2D eigenvalue weighted by atomic mass is 32.1. The maximum absolute atomic E-state index is 13.0. The summed E-state index contributed by atoms with van der Waals surface area (Å²) in [5.41, 5.74) is 0.419. The van der Waals surface area contributed by atoms with Crippen LogP contribution in [0.3, 0.4) is 0 Å². The molecule has 140 valence electrons. The smallest absolute Gasteiger partial charge is 0.323 e. The van der Waals surface area contributed by atoms with Gasteiger partial charge in [-0.25, -0.2) is 14.2 Å². The Bertz CT molecular complexity index is 925. The third-order valence-electron chi connectivity index (χ3n) is 4.89. The maximum Gasteiger partial charge on any atom is 0.325 e. The first-order chi connectivity index (χ1) is 12.9. The van der Waals surface area contributed by atoms with E-state index in [4.69, 9.17) is 0 Å². The highest BCUT2D eigenvalue weighted by Crippen LogP contribution is 2.42. The van der Waals surface area contributed by atoms with E-state index in [1.54, 1.807) is 24.4 Å². The van der Waals surface area contributed by atoms with Crippen LogP contribution in [0.25, 0.3) is 11.3 Å². The van der Waals surface area contributed by atoms with Gasteiger partial charge in [-0.05, 0) is 49.9 Å². The summed E-state index contributed by atoms with van der Waals surface area (Å²) in [6.07, 6.45) is 1.79. The molecule has 9 heteroatoms. The van der Waals surface area contributed by atoms with E-state index in [0.717, 1.165) is 23.3 Å². The van der Waals surface area contributed by atoms with E-state index in [2.05, 4.69) is 15.6 Å². The average molecular weight is 388 g/mol. The molecule has 2 N–H and O–H groups in total. The van der Waals surface area contributed by atoms with Gasteiger partial charge in [-0.1, -0.05) is 0 Å². The van der Waals surface area contributed by atoms with Crippen LogP contribution in [0.4, 0.5) is 14.3 Å². The van der Waals surface area contributed by atoms with E-state index >= 15 is 0 Å². The number of imide groups is 1. The summed E-state index contributed by atoms with van der Waals surface area (Å²) >= 11 is 1.21. The van der Waals surface area contributed by atoms with Crippen molar-refractivity contribution in [1.82, 2.24) is 15.2 Å². The fraction of sp³-hybridized carbons (Fsp3) is 0.333. The summed E-state index contributed by atoms with van der Waals surface area (Å²) in [5.74, 6) is -1.07. The molecule has 1 aromatic heterocycles. The number of nitrogens with one attached hydrogen (secondary N) is 2. The number of rotatable bonds is 5. The molecule has 0 spiro atoms. The van der Waals surface area contributed by atoms with Crippen molar-refractivity contribution in [3.8, 4) is 11.3 Å². The first kappa shape index (κ1) is 17.6. The van der Waals surface area contributed by atoms with Gasteiger partial charge in [-0.3, -0.25) is 14.5 Å². The number of anilines is 1. The number of hydrogen-bond acceptors (Lipinski definition) is 5. The Morgan fingerprint density at radius 1 is 1.37 bits per heavy atom. The Labute approximate surface area is 158 Å². The zero-order valence-electron chi connectivity index (χ0n) is 14.5. The van der Waals surface area contributed by atoms with Crippen molar-refractivity contribution in [2.75, 3.05) is 11.9 Å². The maximum atomic E-state index is 13.0. The van der Waals surface area contributed by atoms with Gasteiger partial charge in [0, 0.05) is 10.9 Å². The van der Waals surface area contributed by atoms with Gasteiger partial charge in [0.1, 0.15) is 17.9 Å². The molecule has 4 rings (SSSR count). The van der Waals surface area contributed by atoms with Crippen molar-refractivity contribution in [2.45, 2.75) is 25.3 Å². The zero-order chi connectivity index (χ0) is 19.2. The molecule has 2 fully saturated rings. The third-order valence-corrected chi connectivity index (χ3v) is 5.64. The van der Waals surface area contributed by atoms with Gasteiger partial charge < -0.3 is 10.6 Å². The minimum Gasteiger partial charge on any atom is -0.323 e. The average Bonchev–Trinajstić information content (AvgIpc) is 3.36. The second-order valence-corrected chi connectivity index (χ2v) is 7.75. The summed E-state index contributed by atoms with van der Waals surface area (Å²) in [6, 6.07) is 5.32. The number of nitrogens with zero attached hydrogens (tertiary/aromatic N) is 2. The van der Waals surface area contributed by atoms with Crippen molar-refractivity contribution < 1.29 is 18.8 Å². The lowest BCUT2D eigenvalue weighted by atomic mass is 9.96. The van der Waals surface area contributed by atoms with Crippen LogP contribution < -0.4 is 10.6 Å². The Morgan fingerprint density at radius 3 is 2.74 bits per heavy atom. The molecule has 2 aliphatic rings. The standard InChI is InChI=1S/C18H17FN4O3S/c1-18(11-4-5-11)15(25)23(17(26)22-18)8-14(24)21-16-20-13(9-27-16)10-2-6-12(19)7-3-10/h2-3,6-7,9,11H,4-5,8H2,1H3,(H,22,26)(H,20,21,24). The number of aromatic nitrogens is 1. The molecule has 1 aromatic carbocycles. The van der Waals surface area contributed by atoms with E-state index in [-0.39, 0.29) is 24.2 Å². The SMILES string of the molecule is CC1(C2CC2)NC(=O)N(CC(=O)Nc2nc(-c3ccc(F)cc3)cs2)C1=O. The highest BCUT2D eigenvalue weighted by Gasteiger charge is 2.56. The van der Waals surface area contributed by atoms with Crippen LogP contribution in [0.1, 0.15) is 19.8 Å². The van der Waals surface area contributed by atoms with E-state index < -0.39 is 17.5 Å². The van der Waals surface area contributed by atoms with Crippen LogP contribution >= 0.6 is 11.3 Å². The van der Waals surface area contributed by atoms with Crippen LogP contribution in [-0.4, -0.2) is 39.8 Å². The van der Waals surface area contributed by atoms with Crippen molar-refractivity contribution >= 4 is 34.3 Å². The van der Waals surface area contributed by atoms with Crippen molar-refractivity contribution in [3.05, 3.63) is 35.5 Å². The zero-order valence-corrected chi connectivity index (χ0v) is 15.3. The van der Waals surface area contributed by atoms with Gasteiger partial charge in [0.2, 0.25) is 5.91 Å².